The molecule has 106 valence electrons. The first kappa shape index (κ1) is 14.4. The summed E-state index contributed by atoms with van der Waals surface area (Å²) in [7, 11) is 0. The van der Waals surface area contributed by atoms with Crippen molar-refractivity contribution in [3.63, 3.8) is 0 Å². The Bertz CT molecular complexity index is 414. The summed E-state index contributed by atoms with van der Waals surface area (Å²) in [5, 5.41) is 0. The normalized spacial score (nSPS) is 18.9. The topological polar surface area (TPSA) is 38.3 Å². The lowest BCUT2D eigenvalue weighted by molar-refractivity contribution is 0.323. The average Bonchev–Trinajstić information content (AvgIpc) is 2.87. The zero-order valence-electron chi connectivity index (χ0n) is 11.7. The van der Waals surface area contributed by atoms with Crippen molar-refractivity contribution in [1.29, 1.82) is 0 Å². The molecular weight excluding hydrogens is 262 g/mol. The number of aromatic nitrogens is 2. The molecule has 1 aliphatic rings. The van der Waals surface area contributed by atoms with Crippen LogP contribution in [0.4, 0.5) is 5.82 Å². The van der Waals surface area contributed by atoms with Gasteiger partial charge in [-0.3, -0.25) is 0 Å². The molecule has 0 bridgehead atoms. The van der Waals surface area contributed by atoms with Crippen molar-refractivity contribution in [2.45, 2.75) is 45.6 Å². The molecular formula is C14H22ClN3O. The number of nitrogens with zero attached hydrogens (tertiary/aromatic N) is 3. The van der Waals surface area contributed by atoms with Crippen molar-refractivity contribution in [3.8, 4) is 5.88 Å². The van der Waals surface area contributed by atoms with E-state index in [4.69, 9.17) is 16.3 Å². The van der Waals surface area contributed by atoms with Crippen LogP contribution in [-0.2, 0) is 0 Å². The summed E-state index contributed by atoms with van der Waals surface area (Å²) in [6.45, 7) is 5.71. The quantitative estimate of drug-likeness (QED) is 0.752. The molecule has 0 N–H and O–H groups in total. The maximum Gasteiger partial charge on any atom is 0.221 e. The first-order valence-electron chi connectivity index (χ1n) is 7.05. The van der Waals surface area contributed by atoms with Gasteiger partial charge in [-0.2, -0.15) is 0 Å². The van der Waals surface area contributed by atoms with Crippen LogP contribution < -0.4 is 9.64 Å². The zero-order valence-corrected chi connectivity index (χ0v) is 12.5. The standard InChI is InChI=1S/C14H22ClN3O/c1-3-19-14-11(2)13(16-10-17-14)18-9-5-7-12(18)6-4-8-15/h10,12H,3-9H2,1-2H3. The van der Waals surface area contributed by atoms with E-state index in [9.17, 15) is 0 Å². The van der Waals surface area contributed by atoms with Gasteiger partial charge in [0.15, 0.2) is 0 Å². The Kier molecular flexibility index (Phi) is 5.25. The van der Waals surface area contributed by atoms with E-state index < -0.39 is 0 Å². The molecule has 1 aromatic rings. The molecule has 0 saturated carbocycles. The molecule has 0 aliphatic carbocycles. The van der Waals surface area contributed by atoms with Crippen LogP contribution in [0.15, 0.2) is 6.33 Å². The smallest absolute Gasteiger partial charge is 0.221 e. The second-order valence-corrected chi connectivity index (χ2v) is 5.26. The van der Waals surface area contributed by atoms with Crippen LogP contribution in [0.1, 0.15) is 38.2 Å². The first-order valence-corrected chi connectivity index (χ1v) is 7.58. The summed E-state index contributed by atoms with van der Waals surface area (Å²) in [5.41, 5.74) is 1.04. The molecule has 19 heavy (non-hydrogen) atoms. The van der Waals surface area contributed by atoms with Crippen molar-refractivity contribution in [2.75, 3.05) is 23.9 Å². The van der Waals surface area contributed by atoms with Gasteiger partial charge >= 0.3 is 0 Å². The van der Waals surface area contributed by atoms with Gasteiger partial charge < -0.3 is 9.64 Å². The lowest BCUT2D eigenvalue weighted by Crippen LogP contribution is -2.30. The van der Waals surface area contributed by atoms with E-state index in [1.165, 1.54) is 12.8 Å². The molecule has 1 aromatic heterocycles. The number of rotatable bonds is 6. The molecule has 5 heteroatoms. The summed E-state index contributed by atoms with van der Waals surface area (Å²) in [6, 6.07) is 0.557. The third kappa shape index (κ3) is 3.30. The fourth-order valence-corrected chi connectivity index (χ4v) is 2.88. The Balaban J connectivity index is 2.18. The number of ether oxygens (including phenoxy) is 1. The molecule has 1 fully saturated rings. The summed E-state index contributed by atoms with van der Waals surface area (Å²) >= 11 is 5.81. The van der Waals surface area contributed by atoms with E-state index in [0.29, 0.717) is 18.5 Å². The van der Waals surface area contributed by atoms with Crippen LogP contribution in [0.2, 0.25) is 0 Å². The minimum Gasteiger partial charge on any atom is -0.478 e. The number of alkyl halides is 1. The lowest BCUT2D eigenvalue weighted by atomic mass is 10.1. The van der Waals surface area contributed by atoms with E-state index in [0.717, 1.165) is 36.6 Å². The number of hydrogen-bond acceptors (Lipinski definition) is 4. The Hall–Kier alpha value is -1.03. The molecule has 0 spiro atoms. The van der Waals surface area contributed by atoms with Gasteiger partial charge in [-0.25, -0.2) is 9.97 Å². The van der Waals surface area contributed by atoms with Gasteiger partial charge in [0.25, 0.3) is 0 Å². The van der Waals surface area contributed by atoms with Gasteiger partial charge in [-0.1, -0.05) is 0 Å². The highest BCUT2D eigenvalue weighted by Crippen LogP contribution is 2.31. The highest BCUT2D eigenvalue weighted by Gasteiger charge is 2.27. The third-order valence-electron chi connectivity index (χ3n) is 3.61. The number of anilines is 1. The molecule has 0 aromatic carbocycles. The molecule has 2 rings (SSSR count). The summed E-state index contributed by atoms with van der Waals surface area (Å²) in [6.07, 6.45) is 6.25. The molecule has 0 radical (unpaired) electrons. The highest BCUT2D eigenvalue weighted by atomic mass is 35.5. The predicted molar refractivity (Wildman–Crippen MR) is 78.3 cm³/mol. The van der Waals surface area contributed by atoms with Crippen LogP contribution in [0.25, 0.3) is 0 Å². The van der Waals surface area contributed by atoms with Gasteiger partial charge in [0.2, 0.25) is 5.88 Å². The second-order valence-electron chi connectivity index (χ2n) is 4.88. The van der Waals surface area contributed by atoms with E-state index in [1.807, 2.05) is 13.8 Å². The average molecular weight is 284 g/mol. The molecule has 1 atom stereocenters. The Labute approximate surface area is 120 Å². The maximum absolute atomic E-state index is 5.81. The van der Waals surface area contributed by atoms with Gasteiger partial charge in [0, 0.05) is 18.5 Å². The molecule has 1 saturated heterocycles. The summed E-state index contributed by atoms with van der Waals surface area (Å²) in [5.74, 6) is 2.46. The number of hydrogen-bond donors (Lipinski definition) is 0. The monoisotopic (exact) mass is 283 g/mol. The highest BCUT2D eigenvalue weighted by molar-refractivity contribution is 6.17. The first-order chi connectivity index (χ1) is 9.27. The van der Waals surface area contributed by atoms with Crippen molar-refractivity contribution in [1.82, 2.24) is 9.97 Å². The van der Waals surface area contributed by atoms with Crippen LogP contribution >= 0.6 is 11.6 Å². The van der Waals surface area contributed by atoms with Gasteiger partial charge in [-0.05, 0) is 39.5 Å². The zero-order chi connectivity index (χ0) is 13.7. The second kappa shape index (κ2) is 6.94. The van der Waals surface area contributed by atoms with E-state index >= 15 is 0 Å². The van der Waals surface area contributed by atoms with Gasteiger partial charge in [0.1, 0.15) is 12.1 Å². The molecule has 1 unspecified atom stereocenters. The van der Waals surface area contributed by atoms with Crippen LogP contribution in [0, 0.1) is 6.92 Å². The minimum absolute atomic E-state index is 0.557. The predicted octanol–water partition coefficient (Wildman–Crippen LogP) is 3.17. The molecule has 2 heterocycles. The van der Waals surface area contributed by atoms with E-state index in [-0.39, 0.29) is 0 Å². The Morgan fingerprint density at radius 2 is 2.32 bits per heavy atom. The molecule has 4 nitrogen and oxygen atoms in total. The van der Waals surface area contributed by atoms with Crippen molar-refractivity contribution in [3.05, 3.63) is 11.9 Å². The molecule has 0 amide bonds. The Morgan fingerprint density at radius 1 is 1.47 bits per heavy atom. The van der Waals surface area contributed by atoms with Crippen LogP contribution in [0.3, 0.4) is 0 Å². The SMILES string of the molecule is CCOc1ncnc(N2CCCC2CCCCl)c1C. The van der Waals surface area contributed by atoms with Crippen molar-refractivity contribution in [2.24, 2.45) is 0 Å². The maximum atomic E-state index is 5.81. The fourth-order valence-electron chi connectivity index (χ4n) is 2.72. The Morgan fingerprint density at radius 3 is 3.05 bits per heavy atom. The van der Waals surface area contributed by atoms with Crippen LogP contribution in [-0.4, -0.2) is 35.0 Å². The van der Waals surface area contributed by atoms with E-state index in [2.05, 4.69) is 14.9 Å². The fraction of sp³-hybridized carbons (Fsp3) is 0.714. The minimum atomic E-state index is 0.557. The largest absolute Gasteiger partial charge is 0.478 e. The summed E-state index contributed by atoms with van der Waals surface area (Å²) in [4.78, 5) is 11.1. The summed E-state index contributed by atoms with van der Waals surface area (Å²) < 4.78 is 5.55. The third-order valence-corrected chi connectivity index (χ3v) is 3.88. The van der Waals surface area contributed by atoms with Gasteiger partial charge in [-0.15, -0.1) is 11.6 Å². The van der Waals surface area contributed by atoms with Crippen molar-refractivity contribution >= 4 is 17.4 Å². The van der Waals surface area contributed by atoms with E-state index in [1.54, 1.807) is 6.33 Å². The van der Waals surface area contributed by atoms with Gasteiger partial charge in [0.05, 0.1) is 12.2 Å². The lowest BCUT2D eigenvalue weighted by Gasteiger charge is -2.27. The van der Waals surface area contributed by atoms with Crippen molar-refractivity contribution < 1.29 is 4.74 Å². The number of halogens is 1. The van der Waals surface area contributed by atoms with Crippen LogP contribution in [0.5, 0.6) is 5.88 Å². The molecule has 1 aliphatic heterocycles.